The van der Waals surface area contributed by atoms with E-state index >= 15 is 0 Å². The Hall–Kier alpha value is -1.90. The second-order valence-corrected chi connectivity index (χ2v) is 4.22. The van der Waals surface area contributed by atoms with E-state index < -0.39 is 47.2 Å². The third kappa shape index (κ3) is 4.03. The maximum Gasteiger partial charge on any atom is 0.239 e. The van der Waals surface area contributed by atoms with E-state index in [1.165, 1.54) is 7.11 Å². The molecule has 0 aliphatic rings. The molecule has 4 nitrogen and oxygen atoms in total. The van der Waals surface area contributed by atoms with Crippen LogP contribution in [0.2, 0.25) is 0 Å². The molecule has 0 bridgehead atoms. The number of hydrogen-bond acceptors (Lipinski definition) is 3. The molecule has 0 spiro atoms. The van der Waals surface area contributed by atoms with Gasteiger partial charge in [0.25, 0.3) is 0 Å². The Bertz CT molecular complexity index is 510. The number of benzene rings is 1. The molecule has 0 saturated heterocycles. The standard InChI is InChI=1S/C12H13F5N2O2/c1-5(4-21-2)19-6(20)3-18-12-10(16)8(14)7(13)9(15)11(12)17/h5,18H,3-4H2,1-2H3,(H,19,20). The van der Waals surface area contributed by atoms with Crippen molar-refractivity contribution >= 4 is 11.6 Å². The van der Waals surface area contributed by atoms with Gasteiger partial charge >= 0.3 is 0 Å². The zero-order valence-electron chi connectivity index (χ0n) is 11.2. The lowest BCUT2D eigenvalue weighted by molar-refractivity contribution is -0.120. The Labute approximate surface area is 117 Å². The quantitative estimate of drug-likeness (QED) is 0.479. The first-order valence-corrected chi connectivity index (χ1v) is 5.83. The smallest absolute Gasteiger partial charge is 0.239 e. The minimum atomic E-state index is -2.26. The summed E-state index contributed by atoms with van der Waals surface area (Å²) in [5.41, 5.74) is -1.25. The van der Waals surface area contributed by atoms with Gasteiger partial charge in [0.15, 0.2) is 23.3 Å². The zero-order valence-corrected chi connectivity index (χ0v) is 11.2. The number of carbonyl (C=O) groups is 1. The highest BCUT2D eigenvalue weighted by Gasteiger charge is 2.25. The monoisotopic (exact) mass is 312 g/mol. The van der Waals surface area contributed by atoms with Gasteiger partial charge < -0.3 is 15.4 Å². The Morgan fingerprint density at radius 2 is 1.52 bits per heavy atom. The van der Waals surface area contributed by atoms with Crippen LogP contribution in [0.3, 0.4) is 0 Å². The van der Waals surface area contributed by atoms with E-state index in [4.69, 9.17) is 4.74 Å². The number of ether oxygens (including phenoxy) is 1. The molecule has 2 N–H and O–H groups in total. The number of rotatable bonds is 6. The van der Waals surface area contributed by atoms with Crippen LogP contribution in [0.5, 0.6) is 0 Å². The molecule has 118 valence electrons. The summed E-state index contributed by atoms with van der Waals surface area (Å²) in [6.07, 6.45) is 0. The first-order chi connectivity index (χ1) is 9.79. The Morgan fingerprint density at radius 3 is 2.00 bits per heavy atom. The normalized spacial score (nSPS) is 12.1. The van der Waals surface area contributed by atoms with E-state index in [1.807, 2.05) is 5.32 Å². The maximum absolute atomic E-state index is 13.3. The fraction of sp³-hybridized carbons (Fsp3) is 0.417. The molecule has 0 aliphatic heterocycles. The van der Waals surface area contributed by atoms with Crippen molar-refractivity contribution in [3.8, 4) is 0 Å². The number of hydrogen-bond donors (Lipinski definition) is 2. The van der Waals surface area contributed by atoms with Gasteiger partial charge in [0, 0.05) is 13.2 Å². The van der Waals surface area contributed by atoms with Gasteiger partial charge in [-0.3, -0.25) is 4.79 Å². The molecule has 21 heavy (non-hydrogen) atoms. The van der Waals surface area contributed by atoms with Gasteiger partial charge in [-0.15, -0.1) is 0 Å². The lowest BCUT2D eigenvalue weighted by Gasteiger charge is -2.14. The molecule has 0 heterocycles. The summed E-state index contributed by atoms with van der Waals surface area (Å²) in [7, 11) is 1.41. The number of methoxy groups -OCH3 is 1. The van der Waals surface area contributed by atoms with Crippen molar-refractivity contribution in [3.63, 3.8) is 0 Å². The summed E-state index contributed by atoms with van der Waals surface area (Å²) in [6.45, 7) is 1.15. The second kappa shape index (κ2) is 7.21. The molecule has 1 unspecified atom stereocenters. The minimum Gasteiger partial charge on any atom is -0.383 e. The minimum absolute atomic E-state index is 0.203. The van der Waals surface area contributed by atoms with Crippen LogP contribution in [0.15, 0.2) is 0 Å². The van der Waals surface area contributed by atoms with Crippen LogP contribution >= 0.6 is 0 Å². The van der Waals surface area contributed by atoms with Gasteiger partial charge in [0.2, 0.25) is 11.7 Å². The molecular formula is C12H13F5N2O2. The molecule has 0 aromatic heterocycles. The van der Waals surface area contributed by atoms with Gasteiger partial charge in [-0.1, -0.05) is 0 Å². The molecule has 0 aliphatic carbocycles. The molecular weight excluding hydrogens is 299 g/mol. The number of halogens is 5. The van der Waals surface area contributed by atoms with Crippen LogP contribution < -0.4 is 10.6 Å². The van der Waals surface area contributed by atoms with E-state index in [0.717, 1.165) is 0 Å². The highest BCUT2D eigenvalue weighted by atomic mass is 19.2. The van der Waals surface area contributed by atoms with Crippen molar-refractivity contribution in [2.75, 3.05) is 25.6 Å². The average molecular weight is 312 g/mol. The summed E-state index contributed by atoms with van der Waals surface area (Å²) >= 11 is 0. The van der Waals surface area contributed by atoms with Crippen LogP contribution in [0.25, 0.3) is 0 Å². The zero-order chi connectivity index (χ0) is 16.2. The number of anilines is 1. The van der Waals surface area contributed by atoms with E-state index in [-0.39, 0.29) is 12.6 Å². The van der Waals surface area contributed by atoms with Crippen LogP contribution in [0.1, 0.15) is 6.92 Å². The highest BCUT2D eigenvalue weighted by molar-refractivity contribution is 5.81. The van der Waals surface area contributed by atoms with Gasteiger partial charge in [-0.25, -0.2) is 22.0 Å². The number of nitrogens with one attached hydrogen (secondary N) is 2. The molecule has 9 heteroatoms. The second-order valence-electron chi connectivity index (χ2n) is 4.22. The summed E-state index contributed by atoms with van der Waals surface area (Å²) in [6, 6.07) is -0.374. The van der Waals surface area contributed by atoms with Crippen LogP contribution in [0.4, 0.5) is 27.6 Å². The van der Waals surface area contributed by atoms with E-state index in [9.17, 15) is 26.7 Å². The Morgan fingerprint density at radius 1 is 1.05 bits per heavy atom. The number of carbonyl (C=O) groups excluding carboxylic acids is 1. The van der Waals surface area contributed by atoms with Crippen molar-refractivity contribution in [2.45, 2.75) is 13.0 Å². The van der Waals surface area contributed by atoms with Crippen molar-refractivity contribution in [2.24, 2.45) is 0 Å². The summed E-state index contributed by atoms with van der Waals surface area (Å²) in [5.74, 6) is -11.2. The van der Waals surface area contributed by atoms with Crippen molar-refractivity contribution in [1.29, 1.82) is 0 Å². The maximum atomic E-state index is 13.3. The molecule has 1 aromatic carbocycles. The SMILES string of the molecule is COCC(C)NC(=O)CNc1c(F)c(F)c(F)c(F)c1F. The van der Waals surface area contributed by atoms with E-state index in [1.54, 1.807) is 6.92 Å². The van der Waals surface area contributed by atoms with Crippen molar-refractivity contribution < 1.29 is 31.5 Å². The molecule has 0 radical (unpaired) electrons. The lowest BCUT2D eigenvalue weighted by atomic mass is 10.2. The molecule has 1 amide bonds. The third-order valence-corrected chi connectivity index (χ3v) is 2.46. The van der Waals surface area contributed by atoms with Crippen LogP contribution in [-0.2, 0) is 9.53 Å². The summed E-state index contributed by atoms with van der Waals surface area (Å²) in [4.78, 5) is 11.4. The van der Waals surface area contributed by atoms with Gasteiger partial charge in [0.1, 0.15) is 5.69 Å². The van der Waals surface area contributed by atoms with Crippen molar-refractivity contribution in [1.82, 2.24) is 5.32 Å². The summed E-state index contributed by atoms with van der Waals surface area (Å²) in [5, 5.41) is 4.29. The summed E-state index contributed by atoms with van der Waals surface area (Å²) < 4.78 is 70.0. The predicted molar refractivity (Wildman–Crippen MR) is 64.2 cm³/mol. The van der Waals surface area contributed by atoms with Crippen LogP contribution in [0, 0.1) is 29.1 Å². The fourth-order valence-electron chi connectivity index (χ4n) is 1.55. The third-order valence-electron chi connectivity index (χ3n) is 2.46. The lowest BCUT2D eigenvalue weighted by Crippen LogP contribution is -2.39. The highest BCUT2D eigenvalue weighted by Crippen LogP contribution is 2.26. The van der Waals surface area contributed by atoms with Gasteiger partial charge in [0.05, 0.1) is 13.2 Å². The number of amides is 1. The topological polar surface area (TPSA) is 50.4 Å². The molecule has 0 fully saturated rings. The first-order valence-electron chi connectivity index (χ1n) is 5.83. The molecule has 1 aromatic rings. The Balaban J connectivity index is 2.79. The molecule has 0 saturated carbocycles. The van der Waals surface area contributed by atoms with Gasteiger partial charge in [-0.2, -0.15) is 0 Å². The largest absolute Gasteiger partial charge is 0.383 e. The predicted octanol–water partition coefficient (Wildman–Crippen LogP) is 1.95. The molecule has 1 rings (SSSR count). The first kappa shape index (κ1) is 17.2. The Kier molecular flexibility index (Phi) is 5.89. The van der Waals surface area contributed by atoms with Crippen molar-refractivity contribution in [3.05, 3.63) is 29.1 Å². The van der Waals surface area contributed by atoms with E-state index in [0.29, 0.717) is 0 Å². The van der Waals surface area contributed by atoms with E-state index in [2.05, 4.69) is 5.32 Å². The van der Waals surface area contributed by atoms with Crippen LogP contribution in [-0.4, -0.2) is 32.2 Å². The van der Waals surface area contributed by atoms with Gasteiger partial charge in [-0.05, 0) is 6.92 Å². The fourth-order valence-corrected chi connectivity index (χ4v) is 1.55. The molecule has 1 atom stereocenters. The average Bonchev–Trinajstić information content (AvgIpc) is 2.43.